The van der Waals surface area contributed by atoms with Crippen LogP contribution in [0.1, 0.15) is 18.9 Å². The Morgan fingerprint density at radius 2 is 1.96 bits per heavy atom. The van der Waals surface area contributed by atoms with E-state index in [0.717, 1.165) is 56.0 Å². The first kappa shape index (κ1) is 17.9. The number of aliphatic imine (C=N–C) groups is 1. The molecule has 2 aliphatic heterocycles. The Labute approximate surface area is 161 Å². The van der Waals surface area contributed by atoms with Crippen molar-refractivity contribution >= 4 is 27.9 Å². The van der Waals surface area contributed by atoms with E-state index < -0.39 is 0 Å². The Hall–Kier alpha value is -2.50. The molecule has 1 N–H and O–H groups in total. The van der Waals surface area contributed by atoms with E-state index in [9.17, 15) is 0 Å². The molecule has 1 saturated heterocycles. The molecule has 5 heteroatoms. The molecule has 0 unspecified atom stereocenters. The number of rotatable bonds is 5. The number of hydrogen-bond donors (Lipinski definition) is 1. The van der Waals surface area contributed by atoms with Crippen molar-refractivity contribution in [3.05, 3.63) is 54.5 Å². The SMILES string of the molecule is C=C(CN1CCN(C)CC1)Nc1cc2cc(C3=CN=C(C)C3)ccc2cn1. The van der Waals surface area contributed by atoms with Crippen LogP contribution in [-0.2, 0) is 0 Å². The lowest BCUT2D eigenvalue weighted by Crippen LogP contribution is -2.45. The standard InChI is InChI=1S/C22H27N5/c1-16-10-21(14-23-16)18-4-5-19-13-24-22(12-20(19)11-18)25-17(2)15-27-8-6-26(3)7-9-27/h4-5,11-14H,2,6-10,15H2,1,3H3,(H,24,25). The number of piperazine rings is 1. The molecule has 0 spiro atoms. The third kappa shape index (κ3) is 4.26. The lowest BCUT2D eigenvalue weighted by Gasteiger charge is -2.32. The molecule has 2 aromatic rings. The zero-order valence-electron chi connectivity index (χ0n) is 16.2. The van der Waals surface area contributed by atoms with E-state index >= 15 is 0 Å². The predicted octanol–water partition coefficient (Wildman–Crippen LogP) is 3.61. The second-order valence-corrected chi connectivity index (χ2v) is 7.63. The molecule has 0 radical (unpaired) electrons. The lowest BCUT2D eigenvalue weighted by atomic mass is 10.0. The van der Waals surface area contributed by atoms with Gasteiger partial charge in [-0.15, -0.1) is 0 Å². The highest BCUT2D eigenvalue weighted by Gasteiger charge is 2.14. The molecule has 0 atom stereocenters. The monoisotopic (exact) mass is 361 g/mol. The van der Waals surface area contributed by atoms with E-state index in [1.54, 1.807) is 0 Å². The molecule has 3 heterocycles. The molecule has 0 amide bonds. The summed E-state index contributed by atoms with van der Waals surface area (Å²) in [6, 6.07) is 8.63. The van der Waals surface area contributed by atoms with Gasteiger partial charge in [-0.3, -0.25) is 9.89 Å². The van der Waals surface area contributed by atoms with Gasteiger partial charge in [-0.25, -0.2) is 4.98 Å². The summed E-state index contributed by atoms with van der Waals surface area (Å²) < 4.78 is 0. The second-order valence-electron chi connectivity index (χ2n) is 7.63. The summed E-state index contributed by atoms with van der Waals surface area (Å²) in [5.41, 5.74) is 4.67. The molecule has 0 saturated carbocycles. The fourth-order valence-electron chi connectivity index (χ4n) is 3.64. The average molecular weight is 361 g/mol. The molecule has 1 aromatic heterocycles. The van der Waals surface area contributed by atoms with Gasteiger partial charge in [-0.05, 0) is 42.6 Å². The third-order valence-electron chi connectivity index (χ3n) is 5.29. The quantitative estimate of drug-likeness (QED) is 0.883. The maximum Gasteiger partial charge on any atom is 0.130 e. The molecular formula is C22H27N5. The fraction of sp³-hybridized carbons (Fsp3) is 0.364. The van der Waals surface area contributed by atoms with E-state index in [1.165, 1.54) is 22.2 Å². The van der Waals surface area contributed by atoms with Crippen molar-refractivity contribution in [3.63, 3.8) is 0 Å². The number of anilines is 1. The summed E-state index contributed by atoms with van der Waals surface area (Å²) in [4.78, 5) is 13.8. The number of hydrogen-bond acceptors (Lipinski definition) is 5. The van der Waals surface area contributed by atoms with E-state index in [4.69, 9.17) is 0 Å². The second kappa shape index (κ2) is 7.62. The van der Waals surface area contributed by atoms with Crippen LogP contribution in [0.15, 0.2) is 53.9 Å². The smallest absolute Gasteiger partial charge is 0.130 e. The topological polar surface area (TPSA) is 43.8 Å². The van der Waals surface area contributed by atoms with Gasteiger partial charge in [0.1, 0.15) is 5.82 Å². The van der Waals surface area contributed by atoms with Crippen molar-refractivity contribution in [2.75, 3.05) is 45.1 Å². The van der Waals surface area contributed by atoms with Crippen molar-refractivity contribution in [3.8, 4) is 0 Å². The maximum atomic E-state index is 4.56. The lowest BCUT2D eigenvalue weighted by molar-refractivity contribution is 0.164. The number of nitrogens with one attached hydrogen (secondary N) is 1. The highest BCUT2D eigenvalue weighted by molar-refractivity contribution is 5.98. The Morgan fingerprint density at radius 1 is 1.15 bits per heavy atom. The molecule has 5 nitrogen and oxygen atoms in total. The predicted molar refractivity (Wildman–Crippen MR) is 114 cm³/mol. The summed E-state index contributed by atoms with van der Waals surface area (Å²) in [6.07, 6.45) is 4.84. The largest absolute Gasteiger partial charge is 0.343 e. The Morgan fingerprint density at radius 3 is 2.70 bits per heavy atom. The minimum atomic E-state index is 0.853. The number of benzene rings is 1. The number of nitrogens with zero attached hydrogens (tertiary/aromatic N) is 4. The molecule has 0 bridgehead atoms. The van der Waals surface area contributed by atoms with Crippen molar-refractivity contribution in [2.24, 2.45) is 4.99 Å². The summed E-state index contributed by atoms with van der Waals surface area (Å²) in [5, 5.41) is 5.72. The van der Waals surface area contributed by atoms with Crippen LogP contribution >= 0.6 is 0 Å². The van der Waals surface area contributed by atoms with E-state index in [0.29, 0.717) is 0 Å². The van der Waals surface area contributed by atoms with Crippen LogP contribution in [0.5, 0.6) is 0 Å². The summed E-state index contributed by atoms with van der Waals surface area (Å²) in [6.45, 7) is 11.5. The molecule has 0 aliphatic carbocycles. The van der Waals surface area contributed by atoms with Gasteiger partial charge < -0.3 is 10.2 Å². The van der Waals surface area contributed by atoms with Gasteiger partial charge in [-0.2, -0.15) is 0 Å². The van der Waals surface area contributed by atoms with Crippen molar-refractivity contribution in [1.29, 1.82) is 0 Å². The highest BCUT2D eigenvalue weighted by atomic mass is 15.3. The van der Waals surface area contributed by atoms with Gasteiger partial charge in [0, 0.05) is 68.3 Å². The molecular weight excluding hydrogens is 334 g/mol. The molecule has 1 fully saturated rings. The van der Waals surface area contributed by atoms with E-state index in [2.05, 4.69) is 69.9 Å². The molecule has 27 heavy (non-hydrogen) atoms. The number of fused-ring (bicyclic) bond motifs is 1. The number of likely N-dealkylation sites (N-methyl/N-ethyl adjacent to an activating group) is 1. The van der Waals surface area contributed by atoms with E-state index in [1.807, 2.05) is 12.4 Å². The van der Waals surface area contributed by atoms with Crippen LogP contribution in [0.25, 0.3) is 16.3 Å². The Bertz CT molecular complexity index is 919. The molecule has 140 valence electrons. The molecule has 4 rings (SSSR count). The zero-order valence-corrected chi connectivity index (χ0v) is 16.2. The number of allylic oxidation sites excluding steroid dienone is 1. The van der Waals surface area contributed by atoms with Crippen LogP contribution in [0.3, 0.4) is 0 Å². The van der Waals surface area contributed by atoms with Gasteiger partial charge in [0.25, 0.3) is 0 Å². The molecule has 1 aromatic carbocycles. The highest BCUT2D eigenvalue weighted by Crippen LogP contribution is 2.27. The Kier molecular flexibility index (Phi) is 5.05. The Balaban J connectivity index is 1.45. The van der Waals surface area contributed by atoms with Crippen LogP contribution in [0, 0.1) is 0 Å². The maximum absolute atomic E-state index is 4.56. The summed E-state index contributed by atoms with van der Waals surface area (Å²) in [5.74, 6) is 0.853. The van der Waals surface area contributed by atoms with Crippen molar-refractivity contribution in [2.45, 2.75) is 13.3 Å². The average Bonchev–Trinajstić information content (AvgIpc) is 3.09. The minimum absolute atomic E-state index is 0.853. The van der Waals surface area contributed by atoms with Gasteiger partial charge in [0.05, 0.1) is 0 Å². The van der Waals surface area contributed by atoms with Crippen LogP contribution in [0.2, 0.25) is 0 Å². The van der Waals surface area contributed by atoms with Gasteiger partial charge in [0.15, 0.2) is 0 Å². The number of pyridine rings is 1. The van der Waals surface area contributed by atoms with Gasteiger partial charge in [0.2, 0.25) is 0 Å². The fourth-order valence-corrected chi connectivity index (χ4v) is 3.64. The van der Waals surface area contributed by atoms with Crippen LogP contribution in [0.4, 0.5) is 5.82 Å². The normalized spacial score (nSPS) is 18.4. The van der Waals surface area contributed by atoms with Crippen LogP contribution < -0.4 is 5.32 Å². The molecule has 2 aliphatic rings. The first-order valence-corrected chi connectivity index (χ1v) is 9.55. The summed E-state index contributed by atoms with van der Waals surface area (Å²) >= 11 is 0. The van der Waals surface area contributed by atoms with Gasteiger partial charge >= 0.3 is 0 Å². The summed E-state index contributed by atoms with van der Waals surface area (Å²) in [7, 11) is 2.17. The zero-order chi connectivity index (χ0) is 18.8. The van der Waals surface area contributed by atoms with E-state index in [-0.39, 0.29) is 0 Å². The minimum Gasteiger partial charge on any atom is -0.343 e. The van der Waals surface area contributed by atoms with Gasteiger partial charge in [-0.1, -0.05) is 18.7 Å². The first-order valence-electron chi connectivity index (χ1n) is 9.55. The number of aromatic nitrogens is 1. The van der Waals surface area contributed by atoms with Crippen molar-refractivity contribution in [1.82, 2.24) is 14.8 Å². The first-order chi connectivity index (χ1) is 13.1. The van der Waals surface area contributed by atoms with Crippen molar-refractivity contribution < 1.29 is 0 Å². The third-order valence-corrected chi connectivity index (χ3v) is 5.29. The van der Waals surface area contributed by atoms with Crippen LogP contribution in [-0.4, -0.2) is 60.3 Å².